The topological polar surface area (TPSA) is 29.5 Å². The minimum atomic E-state index is 0.208. The van der Waals surface area contributed by atoms with E-state index in [0.717, 1.165) is 25.3 Å². The molecule has 0 heterocycles. The van der Waals surface area contributed by atoms with Gasteiger partial charge in [-0.15, -0.1) is 0 Å². The molecule has 0 bridgehead atoms. The second-order valence-corrected chi connectivity index (χ2v) is 5.35. The van der Waals surface area contributed by atoms with E-state index in [-0.39, 0.29) is 11.9 Å². The minimum Gasteiger partial charge on any atom is -0.491 e. The van der Waals surface area contributed by atoms with Crippen molar-refractivity contribution >= 4 is 5.78 Å². The Balaban J connectivity index is 2.37. The molecule has 1 aromatic carbocycles. The zero-order valence-corrected chi connectivity index (χ0v) is 12.5. The SMILES string of the molecule is CC(=O)CCCN(C)Cc1ccc(OC(C)C)cc1. The van der Waals surface area contributed by atoms with E-state index >= 15 is 0 Å². The van der Waals surface area contributed by atoms with Crippen LogP contribution in [0.5, 0.6) is 5.75 Å². The number of nitrogens with zero attached hydrogens (tertiary/aromatic N) is 1. The zero-order valence-electron chi connectivity index (χ0n) is 12.5. The highest BCUT2D eigenvalue weighted by molar-refractivity contribution is 5.75. The lowest BCUT2D eigenvalue weighted by atomic mass is 10.2. The van der Waals surface area contributed by atoms with E-state index in [1.54, 1.807) is 6.92 Å². The highest BCUT2D eigenvalue weighted by Gasteiger charge is 2.03. The molecule has 0 aliphatic carbocycles. The van der Waals surface area contributed by atoms with Crippen LogP contribution >= 0.6 is 0 Å². The summed E-state index contributed by atoms with van der Waals surface area (Å²) in [6.45, 7) is 7.55. The van der Waals surface area contributed by atoms with Gasteiger partial charge < -0.3 is 14.4 Å². The van der Waals surface area contributed by atoms with Gasteiger partial charge in [0.1, 0.15) is 11.5 Å². The van der Waals surface area contributed by atoms with Crippen LogP contribution in [-0.4, -0.2) is 30.4 Å². The number of Topliss-reactive ketones (excluding diaryl/α,β-unsaturated/α-hetero) is 1. The molecule has 0 radical (unpaired) electrons. The fraction of sp³-hybridized carbons (Fsp3) is 0.562. The molecular weight excluding hydrogens is 238 g/mol. The van der Waals surface area contributed by atoms with Gasteiger partial charge in [0.15, 0.2) is 0 Å². The summed E-state index contributed by atoms with van der Waals surface area (Å²) in [5, 5.41) is 0. The molecule has 0 amide bonds. The number of hydrogen-bond acceptors (Lipinski definition) is 3. The standard InChI is InChI=1S/C16H25NO2/c1-13(2)19-16-9-7-15(8-10-16)12-17(4)11-5-6-14(3)18/h7-10,13H,5-6,11-12H2,1-4H3. The quantitative estimate of drug-likeness (QED) is 0.721. The van der Waals surface area contributed by atoms with Crippen molar-refractivity contribution in [3.8, 4) is 5.75 Å². The lowest BCUT2D eigenvalue weighted by Gasteiger charge is -2.17. The number of carbonyl (C=O) groups is 1. The Morgan fingerprint density at radius 2 is 1.89 bits per heavy atom. The predicted molar refractivity (Wildman–Crippen MR) is 78.5 cm³/mol. The summed E-state index contributed by atoms with van der Waals surface area (Å²) in [6, 6.07) is 8.22. The molecule has 0 aliphatic heterocycles. The minimum absolute atomic E-state index is 0.208. The smallest absolute Gasteiger partial charge is 0.129 e. The molecule has 0 fully saturated rings. The summed E-state index contributed by atoms with van der Waals surface area (Å²) >= 11 is 0. The summed E-state index contributed by atoms with van der Waals surface area (Å²) in [4.78, 5) is 13.1. The molecule has 0 unspecified atom stereocenters. The largest absolute Gasteiger partial charge is 0.491 e. The average molecular weight is 263 g/mol. The van der Waals surface area contributed by atoms with Crippen LogP contribution in [-0.2, 0) is 11.3 Å². The Kier molecular flexibility index (Phi) is 6.57. The molecule has 19 heavy (non-hydrogen) atoms. The Labute approximate surface area is 116 Å². The summed E-state index contributed by atoms with van der Waals surface area (Å²) in [7, 11) is 2.08. The van der Waals surface area contributed by atoms with Crippen molar-refractivity contribution < 1.29 is 9.53 Å². The van der Waals surface area contributed by atoms with Gasteiger partial charge in [0.2, 0.25) is 0 Å². The molecule has 1 rings (SSSR count). The summed E-state index contributed by atoms with van der Waals surface area (Å²) in [5.74, 6) is 1.18. The molecule has 0 aromatic heterocycles. The van der Waals surface area contributed by atoms with Crippen LogP contribution in [0.3, 0.4) is 0 Å². The van der Waals surface area contributed by atoms with Gasteiger partial charge in [-0.05, 0) is 58.5 Å². The number of hydrogen-bond donors (Lipinski definition) is 0. The van der Waals surface area contributed by atoms with Crippen LogP contribution in [0.2, 0.25) is 0 Å². The number of carbonyl (C=O) groups excluding carboxylic acids is 1. The van der Waals surface area contributed by atoms with Gasteiger partial charge in [0.05, 0.1) is 6.10 Å². The summed E-state index contributed by atoms with van der Waals surface area (Å²) < 4.78 is 5.61. The third-order valence-corrected chi connectivity index (χ3v) is 2.82. The van der Waals surface area contributed by atoms with Crippen LogP contribution in [0, 0.1) is 0 Å². The van der Waals surface area contributed by atoms with Crippen molar-refractivity contribution in [3.63, 3.8) is 0 Å². The Morgan fingerprint density at radius 3 is 2.42 bits per heavy atom. The van der Waals surface area contributed by atoms with E-state index in [1.165, 1.54) is 5.56 Å². The van der Waals surface area contributed by atoms with Gasteiger partial charge in [0, 0.05) is 13.0 Å². The van der Waals surface area contributed by atoms with Gasteiger partial charge in [-0.2, -0.15) is 0 Å². The maximum atomic E-state index is 10.9. The first kappa shape index (κ1) is 15.7. The van der Waals surface area contributed by atoms with Crippen molar-refractivity contribution in [2.24, 2.45) is 0 Å². The number of rotatable bonds is 8. The highest BCUT2D eigenvalue weighted by Crippen LogP contribution is 2.14. The van der Waals surface area contributed by atoms with Crippen LogP contribution in [0.25, 0.3) is 0 Å². The molecule has 3 nitrogen and oxygen atoms in total. The van der Waals surface area contributed by atoms with Gasteiger partial charge in [-0.25, -0.2) is 0 Å². The summed E-state index contributed by atoms with van der Waals surface area (Å²) in [5.41, 5.74) is 1.27. The Hall–Kier alpha value is -1.35. The normalized spacial score (nSPS) is 11.1. The molecule has 3 heteroatoms. The molecular formula is C16H25NO2. The second kappa shape index (κ2) is 7.95. The fourth-order valence-corrected chi connectivity index (χ4v) is 1.93. The molecule has 0 saturated heterocycles. The lowest BCUT2D eigenvalue weighted by Crippen LogP contribution is -2.19. The lowest BCUT2D eigenvalue weighted by molar-refractivity contribution is -0.117. The first-order valence-corrected chi connectivity index (χ1v) is 6.91. The van der Waals surface area contributed by atoms with Crippen LogP contribution in [0.15, 0.2) is 24.3 Å². The second-order valence-electron chi connectivity index (χ2n) is 5.35. The fourth-order valence-electron chi connectivity index (χ4n) is 1.93. The molecule has 0 N–H and O–H groups in total. The maximum absolute atomic E-state index is 10.9. The molecule has 1 aromatic rings. The van der Waals surface area contributed by atoms with E-state index in [4.69, 9.17) is 4.74 Å². The van der Waals surface area contributed by atoms with Gasteiger partial charge in [-0.3, -0.25) is 0 Å². The third-order valence-electron chi connectivity index (χ3n) is 2.82. The monoisotopic (exact) mass is 263 g/mol. The van der Waals surface area contributed by atoms with Crippen molar-refractivity contribution in [2.45, 2.75) is 46.3 Å². The number of benzene rings is 1. The highest BCUT2D eigenvalue weighted by atomic mass is 16.5. The molecule has 0 aliphatic rings. The molecule has 106 valence electrons. The summed E-state index contributed by atoms with van der Waals surface area (Å²) in [6.07, 6.45) is 1.81. The van der Waals surface area contributed by atoms with Crippen LogP contribution in [0.1, 0.15) is 39.2 Å². The van der Waals surface area contributed by atoms with Gasteiger partial charge in [-0.1, -0.05) is 12.1 Å². The van der Waals surface area contributed by atoms with Crippen molar-refractivity contribution in [3.05, 3.63) is 29.8 Å². The number of ether oxygens (including phenoxy) is 1. The Bertz CT molecular complexity index is 384. The zero-order chi connectivity index (χ0) is 14.3. The average Bonchev–Trinajstić information content (AvgIpc) is 2.30. The van der Waals surface area contributed by atoms with E-state index in [1.807, 2.05) is 26.0 Å². The van der Waals surface area contributed by atoms with E-state index < -0.39 is 0 Å². The Morgan fingerprint density at radius 1 is 1.26 bits per heavy atom. The van der Waals surface area contributed by atoms with Crippen molar-refractivity contribution in [2.75, 3.05) is 13.6 Å². The van der Waals surface area contributed by atoms with Gasteiger partial charge >= 0.3 is 0 Å². The van der Waals surface area contributed by atoms with Crippen molar-refractivity contribution in [1.29, 1.82) is 0 Å². The third kappa shape index (κ3) is 6.97. The molecule has 0 spiro atoms. The van der Waals surface area contributed by atoms with E-state index in [2.05, 4.69) is 24.1 Å². The maximum Gasteiger partial charge on any atom is 0.129 e. The van der Waals surface area contributed by atoms with Crippen LogP contribution < -0.4 is 4.74 Å². The molecule has 0 saturated carbocycles. The first-order chi connectivity index (χ1) is 8.97. The van der Waals surface area contributed by atoms with E-state index in [9.17, 15) is 4.79 Å². The van der Waals surface area contributed by atoms with Crippen molar-refractivity contribution in [1.82, 2.24) is 4.90 Å². The molecule has 0 atom stereocenters. The predicted octanol–water partition coefficient (Wildman–Crippen LogP) is 3.27. The van der Waals surface area contributed by atoms with Crippen LogP contribution in [0.4, 0.5) is 0 Å². The van der Waals surface area contributed by atoms with E-state index in [0.29, 0.717) is 6.42 Å². The number of ketones is 1. The first-order valence-electron chi connectivity index (χ1n) is 6.91. The van der Waals surface area contributed by atoms with Gasteiger partial charge in [0.25, 0.3) is 0 Å².